The van der Waals surface area contributed by atoms with Crippen LogP contribution < -0.4 is 9.59 Å². The number of ketones is 1. The molecule has 1 unspecified atom stereocenters. The van der Waals surface area contributed by atoms with Crippen molar-refractivity contribution in [3.8, 4) is 11.3 Å². The second kappa shape index (κ2) is 10.6. The molecule has 0 saturated carbocycles. The van der Waals surface area contributed by atoms with Crippen LogP contribution in [0.15, 0.2) is 36.9 Å². The molecule has 0 fully saturated rings. The third kappa shape index (κ3) is 5.17. The summed E-state index contributed by atoms with van der Waals surface area (Å²) in [4.78, 5) is 23.0. The van der Waals surface area contributed by atoms with Gasteiger partial charge in [-0.15, -0.1) is 0 Å². The summed E-state index contributed by atoms with van der Waals surface area (Å²) >= 11 is 3.97. The molecule has 4 rings (SSSR count). The molecule has 0 bridgehead atoms. The van der Waals surface area contributed by atoms with Crippen LogP contribution in [0.25, 0.3) is 16.8 Å². The number of hydrogen-bond donors (Lipinski definition) is 3. The van der Waals surface area contributed by atoms with E-state index < -0.39 is 50.3 Å². The van der Waals surface area contributed by atoms with E-state index in [-0.39, 0.29) is 22.6 Å². The van der Waals surface area contributed by atoms with E-state index in [1.807, 2.05) is 0 Å². The standard InChI is InChI=1S/C20H15F4N6O2S.C3H8/c1-9-15(5-11(21)6-25-9)30(32,33)28-13-4-3-12(22)16(17(13)23)19-20(24)29-8-27-18(10(2)31)14(29)7-26-19;1-3-2/h3-8,28,32-33H,1-2H3;3H2,1-2H3/q+1;. The summed E-state index contributed by atoms with van der Waals surface area (Å²) in [5.74, 6) is -4.84. The number of carbonyl (C=O) groups is 1. The molecule has 2 N–H and O–H groups in total. The fourth-order valence-corrected chi connectivity index (χ4v) is 3.58. The van der Waals surface area contributed by atoms with Crippen molar-refractivity contribution < 1.29 is 27.6 Å². The second-order valence-corrected chi connectivity index (χ2v) is 8.34. The van der Waals surface area contributed by atoms with Crippen LogP contribution in [-0.4, -0.2) is 30.3 Å². The highest BCUT2D eigenvalue weighted by Crippen LogP contribution is 2.34. The van der Waals surface area contributed by atoms with Gasteiger partial charge in [-0.1, -0.05) is 20.3 Å². The third-order valence-electron chi connectivity index (χ3n) is 4.83. The Labute approximate surface area is 209 Å². The zero-order chi connectivity index (χ0) is 26.8. The zero-order valence-electron chi connectivity index (χ0n) is 19.7. The Morgan fingerprint density at radius 3 is 2.44 bits per heavy atom. The van der Waals surface area contributed by atoms with Crippen molar-refractivity contribution in [3.63, 3.8) is 0 Å². The van der Waals surface area contributed by atoms with Crippen LogP contribution in [0.3, 0.4) is 0 Å². The predicted molar refractivity (Wildman–Crippen MR) is 129 cm³/mol. The van der Waals surface area contributed by atoms with E-state index in [2.05, 4.69) is 47.0 Å². The normalized spacial score (nSPS) is 12.6. The van der Waals surface area contributed by atoms with Gasteiger partial charge >= 0.3 is 0 Å². The van der Waals surface area contributed by atoms with Gasteiger partial charge in [-0.05, 0) is 19.1 Å². The quantitative estimate of drug-likeness (QED) is 0.100. The molecule has 0 amide bonds. The molecular formula is C23H23F4N6O2S+. The van der Waals surface area contributed by atoms with E-state index >= 15 is 8.78 Å². The molecule has 0 aliphatic heterocycles. The first-order chi connectivity index (χ1) is 16.9. The van der Waals surface area contributed by atoms with E-state index in [1.165, 1.54) is 20.3 Å². The molecule has 8 nitrogen and oxygen atoms in total. The van der Waals surface area contributed by atoms with Crippen LogP contribution in [0, 0.1) is 30.3 Å². The van der Waals surface area contributed by atoms with Gasteiger partial charge in [-0.3, -0.25) is 14.2 Å². The Bertz CT molecular complexity index is 1440. The fourth-order valence-electron chi connectivity index (χ4n) is 3.27. The number of nitrogens with zero attached hydrogens (tertiary/aromatic N) is 5. The van der Waals surface area contributed by atoms with Crippen molar-refractivity contribution in [1.29, 1.82) is 0 Å². The maximum Gasteiger partial charge on any atom is 0.227 e. The maximum atomic E-state index is 15.3. The molecule has 0 aliphatic carbocycles. The summed E-state index contributed by atoms with van der Waals surface area (Å²) in [6.45, 7) is 6.94. The van der Waals surface area contributed by atoms with Crippen LogP contribution >= 0.6 is 12.8 Å². The highest BCUT2D eigenvalue weighted by molar-refractivity contribution is 7.79. The smallest absolute Gasteiger partial charge is 0.227 e. The van der Waals surface area contributed by atoms with E-state index in [1.54, 1.807) is 0 Å². The van der Waals surface area contributed by atoms with Crippen LogP contribution in [0.4, 0.5) is 28.9 Å². The Hall–Kier alpha value is -3.55. The first kappa shape index (κ1) is 27.0. The Morgan fingerprint density at radius 2 is 1.81 bits per heavy atom. The molecule has 0 radical (unpaired) electrons. The largest absolute Gasteiger partial charge is 0.293 e. The minimum Gasteiger partial charge on any atom is -0.293 e. The number of thiol groups is 1. The number of carbonyl (C=O) groups excluding carboxylic acids is 1. The molecule has 3 aromatic heterocycles. The summed E-state index contributed by atoms with van der Waals surface area (Å²) in [7, 11) is 0. The number of hydrogen-bond acceptors (Lipinski definition) is 7. The van der Waals surface area contributed by atoms with Gasteiger partial charge in [0, 0.05) is 17.2 Å². The molecule has 4 aromatic rings. The lowest BCUT2D eigenvalue weighted by Gasteiger charge is -2.24. The van der Waals surface area contributed by atoms with E-state index in [9.17, 15) is 18.8 Å². The van der Waals surface area contributed by atoms with Crippen LogP contribution in [0.2, 0.25) is 0 Å². The second-order valence-electron chi connectivity index (χ2n) is 7.76. The highest BCUT2D eigenvalue weighted by Gasteiger charge is 2.32. The van der Waals surface area contributed by atoms with Gasteiger partial charge in [0.15, 0.2) is 11.6 Å². The van der Waals surface area contributed by atoms with Crippen molar-refractivity contribution in [2.24, 2.45) is 0 Å². The average Bonchev–Trinajstić information content (AvgIpc) is 3.25. The number of pyridine rings is 1. The summed E-state index contributed by atoms with van der Waals surface area (Å²) in [6.07, 6.45) is 4.23. The summed E-state index contributed by atoms with van der Waals surface area (Å²) in [5.41, 5.74) is 0.195. The SMILES string of the molecule is CC(=O)c1ncn2c(F)c(-c3c(F)ccc(N[N+](O)(S)c4cc(F)cnc4C)c3F)ncc12.CCC. The molecule has 3 heterocycles. The summed E-state index contributed by atoms with van der Waals surface area (Å²) < 4.78 is 57.9. The molecule has 1 atom stereocenters. The molecule has 0 spiro atoms. The number of aromatic nitrogens is 4. The number of fused-ring (bicyclic) bond motifs is 1. The van der Waals surface area contributed by atoms with Gasteiger partial charge in [0.2, 0.25) is 11.6 Å². The van der Waals surface area contributed by atoms with E-state index in [0.29, 0.717) is 0 Å². The van der Waals surface area contributed by atoms with Crippen LogP contribution in [-0.2, 0) is 0 Å². The maximum absolute atomic E-state index is 15.3. The third-order valence-corrected chi connectivity index (χ3v) is 5.14. The van der Waals surface area contributed by atoms with Gasteiger partial charge < -0.3 is 0 Å². The Morgan fingerprint density at radius 1 is 1.14 bits per heavy atom. The number of rotatable bonds is 5. The van der Waals surface area contributed by atoms with Crippen LogP contribution in [0.5, 0.6) is 0 Å². The van der Waals surface area contributed by atoms with Crippen molar-refractivity contribution in [3.05, 3.63) is 71.7 Å². The minimum atomic E-state index is -1.54. The number of quaternary nitrogens is 1. The molecule has 1 aromatic carbocycles. The van der Waals surface area contributed by atoms with Gasteiger partial charge in [-0.25, -0.2) is 23.1 Å². The number of aryl methyl sites for hydroxylation is 1. The summed E-state index contributed by atoms with van der Waals surface area (Å²) in [6, 6.07) is 2.69. The summed E-state index contributed by atoms with van der Waals surface area (Å²) in [5, 5.41) is 10.6. The monoisotopic (exact) mass is 523 g/mol. The predicted octanol–water partition coefficient (Wildman–Crippen LogP) is 5.84. The lowest BCUT2D eigenvalue weighted by molar-refractivity contribution is 0.0511. The average molecular weight is 524 g/mol. The Kier molecular flexibility index (Phi) is 7.96. The van der Waals surface area contributed by atoms with Crippen molar-refractivity contribution in [1.82, 2.24) is 23.5 Å². The van der Waals surface area contributed by atoms with Gasteiger partial charge in [0.05, 0.1) is 23.5 Å². The highest BCUT2D eigenvalue weighted by atomic mass is 32.1. The molecule has 0 aliphatic rings. The van der Waals surface area contributed by atoms with Crippen LogP contribution in [0.1, 0.15) is 43.4 Å². The minimum absolute atomic E-state index is 0.0225. The Balaban J connectivity index is 0.00000115. The van der Waals surface area contributed by atoms with Crippen molar-refractivity contribution in [2.45, 2.75) is 34.1 Å². The van der Waals surface area contributed by atoms with Crippen molar-refractivity contribution in [2.75, 3.05) is 5.43 Å². The molecule has 190 valence electrons. The molecular weight excluding hydrogens is 500 g/mol. The topological polar surface area (TPSA) is 92.4 Å². The van der Waals surface area contributed by atoms with Gasteiger partial charge in [-0.2, -0.15) is 15.0 Å². The number of imidazole rings is 1. The first-order valence-electron chi connectivity index (χ1n) is 10.7. The lowest BCUT2D eigenvalue weighted by atomic mass is 10.1. The number of halogens is 4. The number of nitrogens with one attached hydrogen (secondary N) is 1. The van der Waals surface area contributed by atoms with E-state index in [4.69, 9.17) is 0 Å². The van der Waals surface area contributed by atoms with E-state index in [0.717, 1.165) is 41.3 Å². The van der Waals surface area contributed by atoms with Gasteiger partial charge in [0.1, 0.15) is 53.5 Å². The van der Waals surface area contributed by atoms with Crippen molar-refractivity contribution >= 4 is 35.5 Å². The molecule has 0 saturated heterocycles. The molecule has 36 heavy (non-hydrogen) atoms. The number of Topliss-reactive ketones (excluding diaryl/α,β-unsaturated/α-hetero) is 1. The number of anilines is 1. The lowest BCUT2D eigenvalue weighted by Crippen LogP contribution is -2.42. The first-order valence-corrected chi connectivity index (χ1v) is 11.1. The molecule has 13 heteroatoms. The number of benzene rings is 1. The fraction of sp³-hybridized carbons (Fsp3) is 0.217. The van der Waals surface area contributed by atoms with Gasteiger partial charge in [0.25, 0.3) is 0 Å². The zero-order valence-corrected chi connectivity index (χ0v) is 20.6.